The van der Waals surface area contributed by atoms with Crippen molar-refractivity contribution in [3.05, 3.63) is 59.7 Å². The molecule has 2 rings (SSSR count). The molecule has 0 bridgehead atoms. The van der Waals surface area contributed by atoms with Crippen LogP contribution >= 0.6 is 0 Å². The Hall–Kier alpha value is -1.56. The van der Waals surface area contributed by atoms with E-state index in [2.05, 4.69) is 62.4 Å². The van der Waals surface area contributed by atoms with Crippen LogP contribution in [0, 0.1) is 13.0 Å². The molecule has 0 saturated carbocycles. The van der Waals surface area contributed by atoms with Crippen molar-refractivity contribution < 1.29 is 0 Å². The molecule has 0 aliphatic heterocycles. The molecule has 0 N–H and O–H groups in total. The quantitative estimate of drug-likeness (QED) is 0.678. The van der Waals surface area contributed by atoms with E-state index in [0.29, 0.717) is 0 Å². The van der Waals surface area contributed by atoms with Gasteiger partial charge < -0.3 is 0 Å². The van der Waals surface area contributed by atoms with Gasteiger partial charge in [0.05, 0.1) is 0 Å². The Bertz CT molecular complexity index is 421. The fraction of sp³-hybridized carbons (Fsp3) is 0.200. The largest absolute Gasteiger partial charge is 0.0613 e. The third kappa shape index (κ3) is 2.27. The molecular formula is C15H15. The number of hydrogen-bond acceptors (Lipinski definition) is 0. The molecule has 0 spiro atoms. The van der Waals surface area contributed by atoms with E-state index in [1.807, 2.05) is 0 Å². The van der Waals surface area contributed by atoms with E-state index in [9.17, 15) is 0 Å². The number of aryl methyl sites for hydroxylation is 2. The van der Waals surface area contributed by atoms with Crippen LogP contribution in [0.25, 0.3) is 11.1 Å². The first-order valence-corrected chi connectivity index (χ1v) is 5.37. The van der Waals surface area contributed by atoms with Crippen molar-refractivity contribution in [1.82, 2.24) is 0 Å². The highest BCUT2D eigenvalue weighted by Gasteiger charge is 1.96. The minimum Gasteiger partial charge on any atom is -0.0613 e. The second-order valence-corrected chi connectivity index (χ2v) is 3.81. The minimum atomic E-state index is 1.10. The highest BCUT2D eigenvalue weighted by molar-refractivity contribution is 5.63. The molecule has 0 heteroatoms. The summed E-state index contributed by atoms with van der Waals surface area (Å²) in [6.45, 7) is 4.23. The normalized spacial score (nSPS) is 10.3. The molecule has 0 aliphatic rings. The second kappa shape index (κ2) is 4.31. The zero-order valence-electron chi connectivity index (χ0n) is 9.25. The van der Waals surface area contributed by atoms with E-state index >= 15 is 0 Å². The van der Waals surface area contributed by atoms with E-state index in [0.717, 1.165) is 6.42 Å². The van der Waals surface area contributed by atoms with E-state index < -0.39 is 0 Å². The summed E-state index contributed by atoms with van der Waals surface area (Å²) in [5.74, 6) is 0. The lowest BCUT2D eigenvalue weighted by molar-refractivity contribution is 1.14. The van der Waals surface area contributed by atoms with E-state index in [1.54, 1.807) is 0 Å². The Morgan fingerprint density at radius 3 is 2.13 bits per heavy atom. The first-order chi connectivity index (χ1) is 7.29. The molecule has 0 saturated heterocycles. The van der Waals surface area contributed by atoms with Gasteiger partial charge in [-0.15, -0.1) is 0 Å². The van der Waals surface area contributed by atoms with Crippen molar-refractivity contribution in [3.63, 3.8) is 0 Å². The van der Waals surface area contributed by atoms with Gasteiger partial charge in [0.1, 0.15) is 0 Å². The predicted octanol–water partition coefficient (Wildman–Crippen LogP) is 4.02. The van der Waals surface area contributed by atoms with Crippen molar-refractivity contribution >= 4 is 0 Å². The molecule has 0 amide bonds. The van der Waals surface area contributed by atoms with Crippen molar-refractivity contribution in [1.29, 1.82) is 0 Å². The molecule has 0 unspecified atom stereocenters. The van der Waals surface area contributed by atoms with Gasteiger partial charge in [-0.1, -0.05) is 43.3 Å². The van der Waals surface area contributed by atoms with Gasteiger partial charge in [0.2, 0.25) is 0 Å². The van der Waals surface area contributed by atoms with Crippen LogP contribution in [0.5, 0.6) is 0 Å². The summed E-state index contributed by atoms with van der Waals surface area (Å²) in [4.78, 5) is 0. The van der Waals surface area contributed by atoms with Crippen LogP contribution in [0.2, 0.25) is 0 Å². The smallest absolute Gasteiger partial charge is 0.0146 e. The van der Waals surface area contributed by atoms with Gasteiger partial charge in [0.15, 0.2) is 0 Å². The van der Waals surface area contributed by atoms with Crippen LogP contribution in [0.3, 0.4) is 0 Å². The number of rotatable bonds is 2. The lowest BCUT2D eigenvalue weighted by Gasteiger charge is -2.03. The fourth-order valence-electron chi connectivity index (χ4n) is 1.62. The summed E-state index contributed by atoms with van der Waals surface area (Å²) < 4.78 is 0. The third-order valence-corrected chi connectivity index (χ3v) is 2.66. The maximum atomic E-state index is 3.23. The van der Waals surface area contributed by atoms with Crippen LogP contribution in [-0.2, 0) is 6.42 Å². The van der Waals surface area contributed by atoms with Crippen molar-refractivity contribution in [2.45, 2.75) is 20.3 Å². The summed E-state index contributed by atoms with van der Waals surface area (Å²) in [5, 5.41) is 0. The van der Waals surface area contributed by atoms with Gasteiger partial charge in [0, 0.05) is 0 Å². The Labute approximate surface area is 91.6 Å². The molecule has 2 aromatic rings. The SMILES string of the molecule is CCc1ccc(-c2c[c]c(C)cc2)cc1. The van der Waals surface area contributed by atoms with Crippen LogP contribution in [-0.4, -0.2) is 0 Å². The Morgan fingerprint density at radius 1 is 0.933 bits per heavy atom. The summed E-state index contributed by atoms with van der Waals surface area (Å²) in [6.07, 6.45) is 1.10. The number of benzene rings is 2. The Balaban J connectivity index is 2.33. The Morgan fingerprint density at radius 2 is 1.60 bits per heavy atom. The van der Waals surface area contributed by atoms with Crippen molar-refractivity contribution in [2.24, 2.45) is 0 Å². The Kier molecular flexibility index (Phi) is 2.86. The molecular weight excluding hydrogens is 180 g/mol. The van der Waals surface area contributed by atoms with E-state index in [4.69, 9.17) is 0 Å². The average Bonchev–Trinajstić information content (AvgIpc) is 2.30. The summed E-state index contributed by atoms with van der Waals surface area (Å²) >= 11 is 0. The molecule has 2 aromatic carbocycles. The summed E-state index contributed by atoms with van der Waals surface area (Å²) in [6, 6.07) is 18.3. The van der Waals surface area contributed by atoms with Gasteiger partial charge in [-0.05, 0) is 47.7 Å². The molecule has 0 fully saturated rings. The molecule has 0 atom stereocenters. The lowest BCUT2D eigenvalue weighted by Crippen LogP contribution is -1.81. The van der Waals surface area contributed by atoms with Crippen LogP contribution < -0.4 is 0 Å². The highest BCUT2D eigenvalue weighted by Crippen LogP contribution is 2.19. The molecule has 1 radical (unpaired) electrons. The van der Waals surface area contributed by atoms with Gasteiger partial charge >= 0.3 is 0 Å². The molecule has 0 heterocycles. The maximum absolute atomic E-state index is 3.23. The monoisotopic (exact) mass is 195 g/mol. The van der Waals surface area contributed by atoms with E-state index in [-0.39, 0.29) is 0 Å². The zero-order chi connectivity index (χ0) is 10.7. The van der Waals surface area contributed by atoms with Crippen molar-refractivity contribution in [3.8, 4) is 11.1 Å². The van der Waals surface area contributed by atoms with Gasteiger partial charge in [-0.25, -0.2) is 0 Å². The highest BCUT2D eigenvalue weighted by atomic mass is 14.0. The topological polar surface area (TPSA) is 0 Å². The first kappa shape index (κ1) is 9.97. The molecule has 0 aliphatic carbocycles. The predicted molar refractivity (Wildman–Crippen MR) is 64.8 cm³/mol. The molecule has 0 aromatic heterocycles. The number of hydrogen-bond donors (Lipinski definition) is 0. The maximum Gasteiger partial charge on any atom is -0.0146 e. The lowest BCUT2D eigenvalue weighted by atomic mass is 10.0. The van der Waals surface area contributed by atoms with Crippen LogP contribution in [0.1, 0.15) is 18.1 Å². The van der Waals surface area contributed by atoms with Crippen LogP contribution in [0.4, 0.5) is 0 Å². The standard InChI is InChI=1S/C15H15/c1-3-13-6-10-15(11-7-13)14-8-4-12(2)5-9-14/h4,6-11H,3H2,1-2H3. The average molecular weight is 195 g/mol. The van der Waals surface area contributed by atoms with Gasteiger partial charge in [-0.3, -0.25) is 0 Å². The molecule has 75 valence electrons. The molecule has 15 heavy (non-hydrogen) atoms. The molecule has 0 nitrogen and oxygen atoms in total. The van der Waals surface area contributed by atoms with E-state index in [1.165, 1.54) is 22.3 Å². The second-order valence-electron chi connectivity index (χ2n) is 3.81. The summed E-state index contributed by atoms with van der Waals surface area (Å²) in [7, 11) is 0. The minimum absolute atomic E-state index is 1.10. The summed E-state index contributed by atoms with van der Waals surface area (Å²) in [5.41, 5.74) is 5.07. The van der Waals surface area contributed by atoms with Crippen LogP contribution in [0.15, 0.2) is 42.5 Å². The zero-order valence-corrected chi connectivity index (χ0v) is 9.25. The van der Waals surface area contributed by atoms with Crippen molar-refractivity contribution in [2.75, 3.05) is 0 Å². The van der Waals surface area contributed by atoms with Gasteiger partial charge in [-0.2, -0.15) is 0 Å². The van der Waals surface area contributed by atoms with Gasteiger partial charge in [0.25, 0.3) is 0 Å². The third-order valence-electron chi connectivity index (χ3n) is 2.66. The fourth-order valence-corrected chi connectivity index (χ4v) is 1.62. The first-order valence-electron chi connectivity index (χ1n) is 5.37.